The van der Waals surface area contributed by atoms with Gasteiger partial charge in [-0.15, -0.1) is 0 Å². The van der Waals surface area contributed by atoms with Gasteiger partial charge in [-0.2, -0.15) is 5.26 Å². The predicted molar refractivity (Wildman–Crippen MR) is 98.3 cm³/mol. The van der Waals surface area contributed by atoms with Crippen molar-refractivity contribution < 1.29 is 14.3 Å². The molecule has 0 aliphatic carbocycles. The van der Waals surface area contributed by atoms with Crippen LogP contribution in [0.3, 0.4) is 0 Å². The maximum absolute atomic E-state index is 12.5. The van der Waals surface area contributed by atoms with Gasteiger partial charge in [0.1, 0.15) is 6.61 Å². The van der Waals surface area contributed by atoms with Crippen molar-refractivity contribution in [3.63, 3.8) is 0 Å². The summed E-state index contributed by atoms with van der Waals surface area (Å²) in [5.74, 6) is -0.539. The summed E-state index contributed by atoms with van der Waals surface area (Å²) in [5, 5.41) is 14.0. The topological polar surface area (TPSA) is 94.5 Å². The van der Waals surface area contributed by atoms with Gasteiger partial charge in [0.25, 0.3) is 0 Å². The second kappa shape index (κ2) is 8.90. The predicted octanol–water partition coefficient (Wildman–Crippen LogP) is 2.62. The number of rotatable bonds is 7. The smallest absolute Gasteiger partial charge is 0.338 e. The zero-order chi connectivity index (χ0) is 19.1. The molecule has 26 heavy (non-hydrogen) atoms. The molecule has 2 rings (SSSR count). The van der Waals surface area contributed by atoms with Crippen LogP contribution in [0.5, 0.6) is 0 Å². The van der Waals surface area contributed by atoms with Crippen molar-refractivity contribution in [1.29, 1.82) is 5.26 Å². The molecule has 2 N–H and O–H groups in total. The first kappa shape index (κ1) is 19.3. The maximum atomic E-state index is 12.5. The number of nitrogens with one attached hydrogen (secondary N) is 2. The van der Waals surface area contributed by atoms with Crippen LogP contribution in [0.25, 0.3) is 0 Å². The minimum Gasteiger partial charge on any atom is -0.461 e. The Morgan fingerprint density at radius 1 is 1.27 bits per heavy atom. The van der Waals surface area contributed by atoms with Gasteiger partial charge in [0.15, 0.2) is 0 Å². The molecule has 1 atom stereocenters. The number of nitrogens with zero attached hydrogens (tertiary/aromatic N) is 2. The second-order valence-electron chi connectivity index (χ2n) is 5.88. The molecule has 1 heterocycles. The number of benzene rings is 1. The molecule has 0 saturated carbocycles. The lowest BCUT2D eigenvalue weighted by molar-refractivity contribution is -0.139. The van der Waals surface area contributed by atoms with Gasteiger partial charge in [0, 0.05) is 24.5 Å². The molecule has 0 spiro atoms. The number of nitriles is 1. The lowest BCUT2D eigenvalue weighted by Gasteiger charge is -2.28. The van der Waals surface area contributed by atoms with Crippen molar-refractivity contribution in [2.45, 2.75) is 33.2 Å². The summed E-state index contributed by atoms with van der Waals surface area (Å²) in [5.41, 5.74) is 2.67. The highest BCUT2D eigenvalue weighted by molar-refractivity contribution is 5.95. The van der Waals surface area contributed by atoms with Gasteiger partial charge in [0.2, 0.25) is 0 Å². The Balaban J connectivity index is 2.29. The monoisotopic (exact) mass is 356 g/mol. The lowest BCUT2D eigenvalue weighted by Crippen LogP contribution is -2.45. The van der Waals surface area contributed by atoms with Gasteiger partial charge in [-0.05, 0) is 38.5 Å². The molecule has 7 heteroatoms. The summed E-state index contributed by atoms with van der Waals surface area (Å²) in [6.45, 7) is 7.66. The van der Waals surface area contributed by atoms with Crippen LogP contribution in [-0.4, -0.2) is 31.7 Å². The van der Waals surface area contributed by atoms with Gasteiger partial charge in [-0.1, -0.05) is 12.1 Å². The fraction of sp³-hybridized carbons (Fsp3) is 0.421. The van der Waals surface area contributed by atoms with Crippen molar-refractivity contribution in [3.8, 4) is 6.07 Å². The van der Waals surface area contributed by atoms with E-state index in [4.69, 9.17) is 10.00 Å². The Morgan fingerprint density at radius 2 is 1.92 bits per heavy atom. The molecule has 2 amide bonds. The van der Waals surface area contributed by atoms with E-state index in [0.717, 1.165) is 24.3 Å². The SMILES string of the molecule is CCN(CC)c1ccc(C2NC(=O)NC(C)=C2C(=O)OCCC#N)cc1. The van der Waals surface area contributed by atoms with Gasteiger partial charge >= 0.3 is 12.0 Å². The molecular formula is C19H24N4O3. The average Bonchev–Trinajstić information content (AvgIpc) is 2.62. The van der Waals surface area contributed by atoms with Crippen molar-refractivity contribution in [2.24, 2.45) is 0 Å². The molecule has 1 aliphatic rings. The first-order chi connectivity index (χ1) is 12.5. The summed E-state index contributed by atoms with van der Waals surface area (Å²) >= 11 is 0. The highest BCUT2D eigenvalue weighted by Crippen LogP contribution is 2.29. The molecular weight excluding hydrogens is 332 g/mol. The summed E-state index contributed by atoms with van der Waals surface area (Å²) < 4.78 is 5.16. The lowest BCUT2D eigenvalue weighted by atomic mass is 9.95. The summed E-state index contributed by atoms with van der Waals surface area (Å²) in [6, 6.07) is 8.73. The van der Waals surface area contributed by atoms with E-state index >= 15 is 0 Å². The normalized spacial score (nSPS) is 16.4. The zero-order valence-electron chi connectivity index (χ0n) is 15.3. The van der Waals surface area contributed by atoms with E-state index in [0.29, 0.717) is 11.3 Å². The fourth-order valence-electron chi connectivity index (χ4n) is 2.95. The van der Waals surface area contributed by atoms with E-state index in [-0.39, 0.29) is 19.1 Å². The highest BCUT2D eigenvalue weighted by atomic mass is 16.5. The second-order valence-corrected chi connectivity index (χ2v) is 5.88. The minimum absolute atomic E-state index is 0.0215. The van der Waals surface area contributed by atoms with Crippen molar-refractivity contribution in [2.75, 3.05) is 24.6 Å². The molecule has 0 fully saturated rings. The molecule has 0 saturated heterocycles. The fourth-order valence-corrected chi connectivity index (χ4v) is 2.95. The Hall–Kier alpha value is -3.01. The number of hydrogen-bond donors (Lipinski definition) is 2. The van der Waals surface area contributed by atoms with E-state index in [1.807, 2.05) is 30.3 Å². The van der Waals surface area contributed by atoms with Gasteiger partial charge in [-0.25, -0.2) is 9.59 Å². The molecule has 0 aromatic heterocycles. The Morgan fingerprint density at radius 3 is 2.50 bits per heavy atom. The van der Waals surface area contributed by atoms with Crippen LogP contribution in [0.2, 0.25) is 0 Å². The number of carbonyl (C=O) groups excluding carboxylic acids is 2. The number of allylic oxidation sites excluding steroid dienone is 1. The summed E-state index contributed by atoms with van der Waals surface area (Å²) in [7, 11) is 0. The molecule has 0 bridgehead atoms. The number of anilines is 1. The van der Waals surface area contributed by atoms with Crippen LogP contribution in [0.1, 0.15) is 38.8 Å². The van der Waals surface area contributed by atoms with E-state index in [2.05, 4.69) is 29.4 Å². The largest absolute Gasteiger partial charge is 0.461 e. The van der Waals surface area contributed by atoms with Crippen molar-refractivity contribution in [1.82, 2.24) is 10.6 Å². The van der Waals surface area contributed by atoms with Gasteiger partial charge < -0.3 is 20.3 Å². The van der Waals surface area contributed by atoms with Crippen LogP contribution >= 0.6 is 0 Å². The van der Waals surface area contributed by atoms with Crippen LogP contribution in [0.4, 0.5) is 10.5 Å². The number of urea groups is 1. The molecule has 1 aromatic rings. The summed E-state index contributed by atoms with van der Waals surface area (Å²) in [6.07, 6.45) is 0.126. The van der Waals surface area contributed by atoms with Crippen LogP contribution < -0.4 is 15.5 Å². The molecule has 1 unspecified atom stereocenters. The number of esters is 1. The van der Waals surface area contributed by atoms with E-state index in [1.54, 1.807) is 6.92 Å². The Bertz CT molecular complexity index is 730. The standard InChI is InChI=1S/C19H24N4O3/c1-4-23(5-2)15-9-7-14(8-10-15)17-16(13(3)21-19(25)22-17)18(24)26-12-6-11-20/h7-10,17H,4-6,12H2,1-3H3,(H2,21,22,25). The molecule has 138 valence electrons. The minimum atomic E-state index is -0.593. The van der Waals surface area contributed by atoms with Crippen molar-refractivity contribution in [3.05, 3.63) is 41.1 Å². The van der Waals surface area contributed by atoms with E-state index in [1.165, 1.54) is 0 Å². The first-order valence-electron chi connectivity index (χ1n) is 8.69. The highest BCUT2D eigenvalue weighted by Gasteiger charge is 2.32. The van der Waals surface area contributed by atoms with Crippen molar-refractivity contribution >= 4 is 17.7 Å². The zero-order valence-corrected chi connectivity index (χ0v) is 15.3. The average molecular weight is 356 g/mol. The molecule has 1 aromatic carbocycles. The number of amides is 2. The molecule has 0 radical (unpaired) electrons. The van der Waals surface area contributed by atoms with Gasteiger partial charge in [-0.3, -0.25) is 0 Å². The Labute approximate surface area is 153 Å². The third-order valence-corrected chi connectivity index (χ3v) is 4.29. The van der Waals surface area contributed by atoms with Crippen LogP contribution in [0.15, 0.2) is 35.5 Å². The number of carbonyl (C=O) groups is 2. The number of ether oxygens (including phenoxy) is 1. The quantitative estimate of drug-likeness (QED) is 0.578. The molecule has 7 nitrogen and oxygen atoms in total. The molecule has 1 aliphatic heterocycles. The maximum Gasteiger partial charge on any atom is 0.338 e. The first-order valence-corrected chi connectivity index (χ1v) is 8.69. The van der Waals surface area contributed by atoms with Crippen LogP contribution in [0, 0.1) is 11.3 Å². The van der Waals surface area contributed by atoms with Gasteiger partial charge in [0.05, 0.1) is 24.1 Å². The van der Waals surface area contributed by atoms with Crippen LogP contribution in [-0.2, 0) is 9.53 Å². The number of hydrogen-bond acceptors (Lipinski definition) is 5. The van der Waals surface area contributed by atoms with E-state index < -0.39 is 12.0 Å². The summed E-state index contributed by atoms with van der Waals surface area (Å²) in [4.78, 5) is 26.6. The third kappa shape index (κ3) is 4.33. The Kier molecular flexibility index (Phi) is 6.61. The van der Waals surface area contributed by atoms with E-state index in [9.17, 15) is 9.59 Å². The third-order valence-electron chi connectivity index (χ3n) is 4.29.